The average molecular weight is 461 g/mol. The summed E-state index contributed by atoms with van der Waals surface area (Å²) in [5.74, 6) is 4.10. The highest BCUT2D eigenvalue weighted by Crippen LogP contribution is 2.38. The molecule has 1 heterocycles. The van der Waals surface area contributed by atoms with E-state index in [1.54, 1.807) is 0 Å². The van der Waals surface area contributed by atoms with Gasteiger partial charge in [-0.2, -0.15) is 26.3 Å². The summed E-state index contributed by atoms with van der Waals surface area (Å²) in [6.07, 6.45) is -9.07. The van der Waals surface area contributed by atoms with Crippen LogP contribution in [0.3, 0.4) is 0 Å². The van der Waals surface area contributed by atoms with Crippen molar-refractivity contribution in [3.05, 3.63) is 64.2 Å². The minimum absolute atomic E-state index is 0.0376. The number of hydrogen-bond acceptors (Lipinski definition) is 2. The minimum Gasteiger partial charge on any atom is -0.367 e. The van der Waals surface area contributed by atoms with E-state index in [0.29, 0.717) is 0 Å². The van der Waals surface area contributed by atoms with E-state index in [-0.39, 0.29) is 42.5 Å². The molecular weight excluding hydrogens is 446 g/mol. The molecule has 31 heavy (non-hydrogen) atoms. The fraction of sp³-hybridized carbons (Fsp3) is 0.286. The zero-order valence-corrected chi connectivity index (χ0v) is 16.6. The van der Waals surface area contributed by atoms with Crippen molar-refractivity contribution >= 4 is 23.2 Å². The number of piperazine rings is 1. The summed E-state index contributed by atoms with van der Waals surface area (Å²) in [6.45, 7) is 0.473. The van der Waals surface area contributed by atoms with E-state index < -0.39 is 29.4 Å². The Bertz CT molecular complexity index is 1030. The Balaban J connectivity index is 1.68. The molecule has 0 N–H and O–H groups in total. The lowest BCUT2D eigenvalue weighted by Crippen LogP contribution is -2.48. The van der Waals surface area contributed by atoms with Crippen LogP contribution in [0, 0.1) is 11.8 Å². The van der Waals surface area contributed by atoms with Crippen molar-refractivity contribution in [3.63, 3.8) is 0 Å². The Morgan fingerprint density at radius 2 is 1.58 bits per heavy atom. The lowest BCUT2D eigenvalue weighted by Gasteiger charge is -2.36. The molecule has 1 aliphatic heterocycles. The SMILES string of the molecule is O=C(C#Cc1cccc(C(F)(F)F)c1)N1CCN(c2cc(Cl)ccc2C(F)(F)F)CC1. The van der Waals surface area contributed by atoms with E-state index in [4.69, 9.17) is 11.6 Å². The van der Waals surface area contributed by atoms with Gasteiger partial charge in [0.15, 0.2) is 0 Å². The predicted molar refractivity (Wildman–Crippen MR) is 104 cm³/mol. The summed E-state index contributed by atoms with van der Waals surface area (Å²) >= 11 is 5.86. The average Bonchev–Trinajstić information content (AvgIpc) is 2.71. The van der Waals surface area contributed by atoms with Crippen LogP contribution < -0.4 is 4.90 Å². The summed E-state index contributed by atoms with van der Waals surface area (Å²) in [6, 6.07) is 7.60. The van der Waals surface area contributed by atoms with Crippen LogP contribution in [0.25, 0.3) is 0 Å². The highest BCUT2D eigenvalue weighted by atomic mass is 35.5. The zero-order chi connectivity index (χ0) is 22.8. The van der Waals surface area contributed by atoms with Gasteiger partial charge in [0.2, 0.25) is 0 Å². The van der Waals surface area contributed by atoms with E-state index in [1.807, 2.05) is 0 Å². The van der Waals surface area contributed by atoms with Crippen molar-refractivity contribution in [1.29, 1.82) is 0 Å². The summed E-state index contributed by atoms with van der Waals surface area (Å²) in [7, 11) is 0. The van der Waals surface area contributed by atoms with Gasteiger partial charge < -0.3 is 9.80 Å². The Labute approximate surface area is 179 Å². The number of anilines is 1. The van der Waals surface area contributed by atoms with Crippen LogP contribution in [-0.4, -0.2) is 37.0 Å². The number of benzene rings is 2. The molecule has 0 unspecified atom stereocenters. The van der Waals surface area contributed by atoms with Gasteiger partial charge in [-0.25, -0.2) is 0 Å². The van der Waals surface area contributed by atoms with Gasteiger partial charge in [0, 0.05) is 42.7 Å². The minimum atomic E-state index is -4.55. The maximum absolute atomic E-state index is 13.3. The molecule has 1 saturated heterocycles. The van der Waals surface area contributed by atoms with Crippen LogP contribution in [0.1, 0.15) is 16.7 Å². The first-order valence-corrected chi connectivity index (χ1v) is 9.43. The molecule has 1 aliphatic rings. The lowest BCUT2D eigenvalue weighted by molar-refractivity contribution is -0.138. The van der Waals surface area contributed by atoms with Gasteiger partial charge in [-0.15, -0.1) is 0 Å². The summed E-state index contributed by atoms with van der Waals surface area (Å²) in [5.41, 5.74) is -1.72. The molecule has 0 radical (unpaired) electrons. The van der Waals surface area contributed by atoms with Gasteiger partial charge in [0.05, 0.1) is 16.8 Å². The van der Waals surface area contributed by atoms with Crippen LogP contribution in [0.15, 0.2) is 42.5 Å². The molecule has 0 saturated carbocycles. The third-order valence-electron chi connectivity index (χ3n) is 4.68. The number of rotatable bonds is 1. The second-order valence-electron chi connectivity index (χ2n) is 6.77. The molecule has 0 spiro atoms. The van der Waals surface area contributed by atoms with Gasteiger partial charge in [-0.1, -0.05) is 23.6 Å². The third-order valence-corrected chi connectivity index (χ3v) is 4.91. The van der Waals surface area contributed by atoms with E-state index in [2.05, 4.69) is 11.8 Å². The lowest BCUT2D eigenvalue weighted by atomic mass is 10.1. The normalized spacial score (nSPS) is 14.8. The van der Waals surface area contributed by atoms with E-state index >= 15 is 0 Å². The Morgan fingerprint density at radius 3 is 2.19 bits per heavy atom. The van der Waals surface area contributed by atoms with Crippen LogP contribution in [0.4, 0.5) is 32.0 Å². The number of amides is 1. The summed E-state index contributed by atoms with van der Waals surface area (Å²) in [5, 5.41) is 0.161. The first-order chi connectivity index (χ1) is 14.4. The van der Waals surface area contributed by atoms with Gasteiger partial charge in [0.1, 0.15) is 0 Å². The number of alkyl halides is 6. The highest BCUT2D eigenvalue weighted by molar-refractivity contribution is 6.30. The van der Waals surface area contributed by atoms with Gasteiger partial charge in [-0.05, 0) is 36.4 Å². The largest absolute Gasteiger partial charge is 0.418 e. The second-order valence-corrected chi connectivity index (χ2v) is 7.20. The van der Waals surface area contributed by atoms with Crippen LogP contribution >= 0.6 is 11.6 Å². The zero-order valence-electron chi connectivity index (χ0n) is 15.8. The predicted octanol–water partition coefficient (Wildman–Crippen LogP) is 5.08. The smallest absolute Gasteiger partial charge is 0.367 e. The van der Waals surface area contributed by atoms with Gasteiger partial charge >= 0.3 is 12.4 Å². The van der Waals surface area contributed by atoms with Crippen molar-refractivity contribution in [3.8, 4) is 11.8 Å². The van der Waals surface area contributed by atoms with Crippen molar-refractivity contribution in [2.45, 2.75) is 12.4 Å². The van der Waals surface area contributed by atoms with Crippen molar-refractivity contribution in [2.75, 3.05) is 31.1 Å². The van der Waals surface area contributed by atoms with Crippen LogP contribution in [0.5, 0.6) is 0 Å². The molecule has 3 rings (SSSR count). The first kappa shape index (κ1) is 22.8. The number of hydrogen-bond donors (Lipinski definition) is 0. The van der Waals surface area contributed by atoms with Crippen molar-refractivity contribution < 1.29 is 31.1 Å². The van der Waals surface area contributed by atoms with E-state index in [9.17, 15) is 31.1 Å². The third kappa shape index (κ3) is 5.64. The molecule has 10 heteroatoms. The van der Waals surface area contributed by atoms with E-state index in [1.165, 1.54) is 28.0 Å². The molecule has 164 valence electrons. The quantitative estimate of drug-likeness (QED) is 0.438. The topological polar surface area (TPSA) is 23.6 Å². The fourth-order valence-corrected chi connectivity index (χ4v) is 3.30. The molecule has 1 fully saturated rings. The summed E-state index contributed by atoms with van der Waals surface area (Å²) < 4.78 is 78.1. The number of halogens is 7. The second kappa shape index (κ2) is 8.71. The molecule has 0 aliphatic carbocycles. The number of carbonyl (C=O) groups is 1. The van der Waals surface area contributed by atoms with Crippen LogP contribution in [0.2, 0.25) is 5.02 Å². The van der Waals surface area contributed by atoms with Gasteiger partial charge in [0.25, 0.3) is 5.91 Å². The number of carbonyl (C=O) groups excluding carboxylic acids is 1. The highest BCUT2D eigenvalue weighted by Gasteiger charge is 2.36. The maximum Gasteiger partial charge on any atom is 0.418 e. The molecule has 2 aromatic rings. The molecule has 2 aromatic carbocycles. The summed E-state index contributed by atoms with van der Waals surface area (Å²) in [4.78, 5) is 15.1. The van der Waals surface area contributed by atoms with E-state index in [0.717, 1.165) is 24.3 Å². The van der Waals surface area contributed by atoms with Crippen LogP contribution in [-0.2, 0) is 17.1 Å². The van der Waals surface area contributed by atoms with Crippen molar-refractivity contribution in [2.24, 2.45) is 0 Å². The maximum atomic E-state index is 13.3. The Hall–Kier alpha value is -2.86. The Morgan fingerprint density at radius 1 is 0.903 bits per heavy atom. The van der Waals surface area contributed by atoms with Crippen molar-refractivity contribution in [1.82, 2.24) is 4.90 Å². The Kier molecular flexibility index (Phi) is 6.41. The molecule has 0 atom stereocenters. The molecular formula is C21H15ClF6N2O. The first-order valence-electron chi connectivity index (χ1n) is 9.05. The molecule has 0 aromatic heterocycles. The molecule has 3 nitrogen and oxygen atoms in total. The monoisotopic (exact) mass is 460 g/mol. The van der Waals surface area contributed by atoms with Gasteiger partial charge in [-0.3, -0.25) is 4.79 Å². The standard InChI is InChI=1S/C21H15ClF6N2O/c22-16-5-6-17(21(26,27)28)18(13-16)29-8-10-30(11-9-29)19(31)7-4-14-2-1-3-15(12-14)20(23,24)25/h1-3,5-6,12-13H,8-11H2. The molecule has 1 amide bonds. The number of nitrogens with zero attached hydrogens (tertiary/aromatic N) is 2. The fourth-order valence-electron chi connectivity index (χ4n) is 3.13. The molecule has 0 bridgehead atoms.